The molecule has 27 heavy (non-hydrogen) atoms. The Hall–Kier alpha value is -2.26. The lowest BCUT2D eigenvalue weighted by molar-refractivity contribution is -0.143. The van der Waals surface area contributed by atoms with E-state index in [0.717, 1.165) is 0 Å². The van der Waals surface area contributed by atoms with Gasteiger partial charge in [0.25, 0.3) is 5.91 Å². The molecule has 10 heteroatoms. The number of benzene rings is 1. The number of oxime groups is 1. The Balaban J connectivity index is 2.94. The van der Waals surface area contributed by atoms with E-state index in [4.69, 9.17) is 4.84 Å². The van der Waals surface area contributed by atoms with E-state index in [1.807, 2.05) is 33.0 Å². The van der Waals surface area contributed by atoms with E-state index in [-0.39, 0.29) is 17.9 Å². The number of anilines is 1. The maximum absolute atomic E-state index is 12.8. The molecule has 0 saturated heterocycles. The standard InChI is InChI=1S/C17H20F6N2O2/c1-9(2)15(10(3)4)25-27-8-14(26)24-13-6-11(16(18,19)20)5-12(7-13)17(21,22)23/h5-7,9-10H,8H2,1-4H3,(H,24,26). The second-order valence-electron chi connectivity index (χ2n) is 6.44. The lowest BCUT2D eigenvalue weighted by Crippen LogP contribution is -2.20. The van der Waals surface area contributed by atoms with Gasteiger partial charge in [-0.05, 0) is 30.0 Å². The van der Waals surface area contributed by atoms with Crippen molar-refractivity contribution in [1.82, 2.24) is 0 Å². The predicted molar refractivity (Wildman–Crippen MR) is 88.1 cm³/mol. The maximum Gasteiger partial charge on any atom is 0.416 e. The zero-order valence-corrected chi connectivity index (χ0v) is 15.1. The Morgan fingerprint density at radius 3 is 1.78 bits per heavy atom. The number of amides is 1. The van der Waals surface area contributed by atoms with Gasteiger partial charge in [0, 0.05) is 5.69 Å². The van der Waals surface area contributed by atoms with Gasteiger partial charge in [-0.2, -0.15) is 26.3 Å². The van der Waals surface area contributed by atoms with Gasteiger partial charge in [0.2, 0.25) is 0 Å². The van der Waals surface area contributed by atoms with Gasteiger partial charge in [0.1, 0.15) is 0 Å². The number of carbonyl (C=O) groups excluding carboxylic acids is 1. The number of hydrogen-bond acceptors (Lipinski definition) is 3. The van der Waals surface area contributed by atoms with Crippen LogP contribution in [0.5, 0.6) is 0 Å². The van der Waals surface area contributed by atoms with Crippen molar-refractivity contribution >= 4 is 17.3 Å². The molecule has 1 rings (SSSR count). The molecule has 0 spiro atoms. The molecule has 0 bridgehead atoms. The van der Waals surface area contributed by atoms with Gasteiger partial charge in [-0.3, -0.25) is 4.79 Å². The third kappa shape index (κ3) is 7.10. The van der Waals surface area contributed by atoms with Crippen LogP contribution in [0.1, 0.15) is 38.8 Å². The van der Waals surface area contributed by atoms with Gasteiger partial charge >= 0.3 is 12.4 Å². The number of nitrogens with one attached hydrogen (secondary N) is 1. The van der Waals surface area contributed by atoms with E-state index in [0.29, 0.717) is 17.8 Å². The fourth-order valence-corrected chi connectivity index (χ4v) is 2.27. The second-order valence-corrected chi connectivity index (χ2v) is 6.44. The molecule has 1 amide bonds. The Labute approximate surface area is 152 Å². The van der Waals surface area contributed by atoms with Crippen molar-refractivity contribution in [3.63, 3.8) is 0 Å². The molecule has 0 heterocycles. The molecule has 0 aromatic heterocycles. The molecule has 152 valence electrons. The second kappa shape index (κ2) is 8.62. The van der Waals surface area contributed by atoms with Crippen LogP contribution in [0.2, 0.25) is 0 Å². The molecule has 0 aliphatic rings. The highest BCUT2D eigenvalue weighted by Crippen LogP contribution is 2.37. The molecular weight excluding hydrogens is 378 g/mol. The summed E-state index contributed by atoms with van der Waals surface area (Å²) in [6.07, 6.45) is -9.99. The van der Waals surface area contributed by atoms with Gasteiger partial charge < -0.3 is 10.2 Å². The number of halogens is 6. The van der Waals surface area contributed by atoms with Gasteiger partial charge in [0.15, 0.2) is 6.61 Å². The van der Waals surface area contributed by atoms with E-state index < -0.39 is 41.7 Å². The van der Waals surface area contributed by atoms with E-state index in [1.54, 1.807) is 0 Å². The summed E-state index contributed by atoms with van der Waals surface area (Å²) >= 11 is 0. The summed E-state index contributed by atoms with van der Waals surface area (Å²) in [6.45, 7) is 6.81. The van der Waals surface area contributed by atoms with E-state index >= 15 is 0 Å². The van der Waals surface area contributed by atoms with E-state index in [9.17, 15) is 31.1 Å². The lowest BCUT2D eigenvalue weighted by atomic mass is 9.98. The largest absolute Gasteiger partial charge is 0.416 e. The molecule has 0 unspecified atom stereocenters. The van der Waals surface area contributed by atoms with Crippen LogP contribution >= 0.6 is 0 Å². The van der Waals surface area contributed by atoms with Gasteiger partial charge in [-0.1, -0.05) is 32.9 Å². The maximum atomic E-state index is 12.8. The Bertz CT molecular complexity index is 651. The zero-order valence-electron chi connectivity index (χ0n) is 15.1. The van der Waals surface area contributed by atoms with Crippen molar-refractivity contribution < 1.29 is 36.0 Å². The van der Waals surface area contributed by atoms with Crippen LogP contribution in [0.3, 0.4) is 0 Å². The first-order valence-corrected chi connectivity index (χ1v) is 8.01. The number of rotatable bonds is 6. The average Bonchev–Trinajstić information content (AvgIpc) is 2.48. The fourth-order valence-electron chi connectivity index (χ4n) is 2.27. The van der Waals surface area contributed by atoms with Crippen LogP contribution in [-0.4, -0.2) is 18.2 Å². The highest BCUT2D eigenvalue weighted by molar-refractivity contribution is 5.92. The molecule has 1 aromatic carbocycles. The first kappa shape index (κ1) is 22.8. The fraction of sp³-hybridized carbons (Fsp3) is 0.529. The van der Waals surface area contributed by atoms with Crippen LogP contribution in [-0.2, 0) is 22.0 Å². The molecule has 0 fully saturated rings. The molecule has 0 aliphatic carbocycles. The van der Waals surface area contributed by atoms with Crippen LogP contribution in [0.15, 0.2) is 23.4 Å². The third-order valence-electron chi connectivity index (χ3n) is 3.42. The SMILES string of the molecule is CC(C)C(=NOCC(=O)Nc1cc(C(F)(F)F)cc(C(F)(F)F)c1)C(C)C. The Morgan fingerprint density at radius 2 is 1.41 bits per heavy atom. The summed E-state index contributed by atoms with van der Waals surface area (Å²) in [5.74, 6) is -0.838. The average molecular weight is 398 g/mol. The monoisotopic (exact) mass is 398 g/mol. The highest BCUT2D eigenvalue weighted by Gasteiger charge is 2.37. The van der Waals surface area contributed by atoms with E-state index in [1.165, 1.54) is 0 Å². The minimum atomic E-state index is -5.00. The van der Waals surface area contributed by atoms with Crippen molar-refractivity contribution in [2.75, 3.05) is 11.9 Å². The number of nitrogens with zero attached hydrogens (tertiary/aromatic N) is 1. The molecular formula is C17H20F6N2O2. The van der Waals surface area contributed by atoms with Crippen molar-refractivity contribution in [2.24, 2.45) is 17.0 Å². The van der Waals surface area contributed by atoms with Crippen LogP contribution in [0.25, 0.3) is 0 Å². The minimum absolute atomic E-state index is 0.0198. The Kier molecular flexibility index (Phi) is 7.27. The third-order valence-corrected chi connectivity index (χ3v) is 3.42. The van der Waals surface area contributed by atoms with Crippen LogP contribution in [0.4, 0.5) is 32.0 Å². The smallest absolute Gasteiger partial charge is 0.386 e. The lowest BCUT2D eigenvalue weighted by Gasteiger charge is -2.15. The molecule has 0 saturated carbocycles. The van der Waals surface area contributed by atoms with Crippen molar-refractivity contribution in [2.45, 2.75) is 40.0 Å². The molecule has 4 nitrogen and oxygen atoms in total. The van der Waals surface area contributed by atoms with Crippen LogP contribution in [0, 0.1) is 11.8 Å². The first-order chi connectivity index (χ1) is 12.2. The summed E-state index contributed by atoms with van der Waals surface area (Å²) in [5.41, 5.74) is -3.01. The molecule has 1 aromatic rings. The number of alkyl halides is 6. The summed E-state index contributed by atoms with van der Waals surface area (Å²) in [4.78, 5) is 16.7. The van der Waals surface area contributed by atoms with Crippen molar-refractivity contribution in [1.29, 1.82) is 0 Å². The topological polar surface area (TPSA) is 50.7 Å². The van der Waals surface area contributed by atoms with Crippen LogP contribution < -0.4 is 5.32 Å². The van der Waals surface area contributed by atoms with Crippen molar-refractivity contribution in [3.05, 3.63) is 29.3 Å². The number of carbonyl (C=O) groups is 1. The normalized spacial score (nSPS) is 12.3. The summed E-state index contributed by atoms with van der Waals surface area (Å²) in [6, 6.07) is 0.822. The summed E-state index contributed by atoms with van der Waals surface area (Å²) in [5, 5.41) is 5.78. The van der Waals surface area contributed by atoms with Crippen molar-refractivity contribution in [3.8, 4) is 0 Å². The Morgan fingerprint density at radius 1 is 0.963 bits per heavy atom. The quantitative estimate of drug-likeness (QED) is 0.399. The minimum Gasteiger partial charge on any atom is -0.386 e. The highest BCUT2D eigenvalue weighted by atomic mass is 19.4. The van der Waals surface area contributed by atoms with Gasteiger partial charge in [0.05, 0.1) is 16.8 Å². The predicted octanol–water partition coefficient (Wildman–Crippen LogP) is 5.35. The number of hydrogen-bond donors (Lipinski definition) is 1. The van der Waals surface area contributed by atoms with Gasteiger partial charge in [-0.15, -0.1) is 0 Å². The van der Waals surface area contributed by atoms with Gasteiger partial charge in [-0.25, -0.2) is 0 Å². The molecule has 0 radical (unpaired) electrons. The zero-order chi connectivity index (χ0) is 21.0. The first-order valence-electron chi connectivity index (χ1n) is 8.01. The molecule has 0 atom stereocenters. The summed E-state index contributed by atoms with van der Waals surface area (Å²) in [7, 11) is 0. The summed E-state index contributed by atoms with van der Waals surface area (Å²) < 4.78 is 76.8. The molecule has 0 aliphatic heterocycles. The molecule has 1 N–H and O–H groups in total. The van der Waals surface area contributed by atoms with E-state index in [2.05, 4.69) is 5.16 Å².